The average Bonchev–Trinajstić information content (AvgIpc) is 2.43. The number of benzene rings is 2. The Morgan fingerprint density at radius 3 is 2.62 bits per heavy atom. The Morgan fingerprint density at radius 2 is 1.95 bits per heavy atom. The van der Waals surface area contributed by atoms with Crippen molar-refractivity contribution in [1.29, 1.82) is 0 Å². The van der Waals surface area contributed by atoms with Gasteiger partial charge in [-0.1, -0.05) is 22.0 Å². The molecule has 0 atom stereocenters. The number of aryl methyl sites for hydroxylation is 1. The number of anilines is 1. The molecule has 0 radical (unpaired) electrons. The minimum absolute atomic E-state index is 0.648. The van der Waals surface area contributed by atoms with Crippen molar-refractivity contribution in [2.75, 3.05) is 11.9 Å². The van der Waals surface area contributed by atoms with Gasteiger partial charge >= 0.3 is 0 Å². The van der Waals surface area contributed by atoms with E-state index < -0.39 is 0 Å². The second-order valence-electron chi connectivity index (χ2n) is 4.63. The molecule has 2 aromatic rings. The van der Waals surface area contributed by atoms with Crippen LogP contribution in [0.5, 0.6) is 5.75 Å². The summed E-state index contributed by atoms with van der Waals surface area (Å²) in [6.45, 7) is 5.47. The zero-order chi connectivity index (χ0) is 15.4. The molecule has 0 spiro atoms. The minimum atomic E-state index is 0.648. The molecular formula is C16H16Br2INO. The number of rotatable bonds is 5. The third-order valence-corrected chi connectivity index (χ3v) is 5.24. The van der Waals surface area contributed by atoms with Crippen LogP contribution in [0, 0.1) is 10.5 Å². The molecule has 2 rings (SSSR count). The number of nitrogens with one attached hydrogen (secondary N) is 1. The van der Waals surface area contributed by atoms with E-state index in [0.717, 1.165) is 25.9 Å². The van der Waals surface area contributed by atoms with Gasteiger partial charge in [0.15, 0.2) is 0 Å². The molecule has 0 aliphatic carbocycles. The molecule has 0 aliphatic heterocycles. The first-order valence-corrected chi connectivity index (χ1v) is 9.28. The van der Waals surface area contributed by atoms with E-state index in [1.54, 1.807) is 0 Å². The second kappa shape index (κ2) is 7.83. The van der Waals surface area contributed by atoms with E-state index in [2.05, 4.69) is 91.0 Å². The Balaban J connectivity index is 2.20. The Morgan fingerprint density at radius 1 is 1.19 bits per heavy atom. The van der Waals surface area contributed by atoms with Crippen LogP contribution in [0.2, 0.25) is 0 Å². The van der Waals surface area contributed by atoms with E-state index in [-0.39, 0.29) is 0 Å². The van der Waals surface area contributed by atoms with E-state index in [1.165, 1.54) is 9.13 Å². The lowest BCUT2D eigenvalue weighted by Gasteiger charge is -2.14. The average molecular weight is 525 g/mol. The molecule has 0 fully saturated rings. The van der Waals surface area contributed by atoms with Crippen LogP contribution in [0.25, 0.3) is 0 Å². The first-order valence-electron chi connectivity index (χ1n) is 6.62. The Hall–Kier alpha value is -0.270. The van der Waals surface area contributed by atoms with Crippen molar-refractivity contribution in [3.63, 3.8) is 0 Å². The molecular weight excluding hydrogens is 509 g/mol. The number of ether oxygens (including phenoxy) is 1. The lowest BCUT2D eigenvalue weighted by atomic mass is 10.2. The van der Waals surface area contributed by atoms with Crippen LogP contribution in [-0.2, 0) is 6.54 Å². The summed E-state index contributed by atoms with van der Waals surface area (Å²) in [7, 11) is 0. The highest BCUT2D eigenvalue weighted by Crippen LogP contribution is 2.33. The Labute approximate surface area is 156 Å². The zero-order valence-corrected chi connectivity index (χ0v) is 17.2. The predicted octanol–water partition coefficient (Wildman–Crippen LogP) is 6.14. The van der Waals surface area contributed by atoms with Crippen LogP contribution in [-0.4, -0.2) is 6.61 Å². The second-order valence-corrected chi connectivity index (χ2v) is 7.56. The number of hydrogen-bond acceptors (Lipinski definition) is 2. The molecule has 0 saturated carbocycles. The predicted molar refractivity (Wildman–Crippen MR) is 104 cm³/mol. The van der Waals surface area contributed by atoms with Gasteiger partial charge in [-0.2, -0.15) is 0 Å². The van der Waals surface area contributed by atoms with Gasteiger partial charge < -0.3 is 10.1 Å². The molecule has 5 heteroatoms. The van der Waals surface area contributed by atoms with Gasteiger partial charge in [0.25, 0.3) is 0 Å². The lowest BCUT2D eigenvalue weighted by molar-refractivity contribution is 0.334. The molecule has 1 N–H and O–H groups in total. The third kappa shape index (κ3) is 4.60. The topological polar surface area (TPSA) is 21.3 Å². The van der Waals surface area contributed by atoms with Gasteiger partial charge in [0, 0.05) is 25.8 Å². The van der Waals surface area contributed by atoms with Gasteiger partial charge in [0.1, 0.15) is 5.75 Å². The summed E-state index contributed by atoms with van der Waals surface area (Å²) in [6.07, 6.45) is 0. The van der Waals surface area contributed by atoms with E-state index >= 15 is 0 Å². The molecule has 0 heterocycles. The van der Waals surface area contributed by atoms with Crippen molar-refractivity contribution in [1.82, 2.24) is 0 Å². The van der Waals surface area contributed by atoms with Gasteiger partial charge in [-0.3, -0.25) is 0 Å². The van der Waals surface area contributed by atoms with E-state index in [4.69, 9.17) is 4.74 Å². The van der Waals surface area contributed by atoms with Crippen LogP contribution in [0.4, 0.5) is 5.69 Å². The van der Waals surface area contributed by atoms with E-state index in [0.29, 0.717) is 13.2 Å². The first kappa shape index (κ1) is 17.1. The number of halogens is 3. The van der Waals surface area contributed by atoms with E-state index in [1.807, 2.05) is 13.0 Å². The smallest absolute Gasteiger partial charge is 0.138 e. The molecule has 0 bridgehead atoms. The summed E-state index contributed by atoms with van der Waals surface area (Å²) in [4.78, 5) is 0. The molecule has 2 aromatic carbocycles. The monoisotopic (exact) mass is 523 g/mol. The standard InChI is InChI=1S/C16H16Br2INO/c1-3-21-16-11(6-12(17)7-14(16)18)9-20-13-5-4-10(2)15(19)8-13/h4-8,20H,3,9H2,1-2H3. The number of hydrogen-bond donors (Lipinski definition) is 1. The van der Waals surface area contributed by atoms with Crippen molar-refractivity contribution in [2.45, 2.75) is 20.4 Å². The zero-order valence-electron chi connectivity index (χ0n) is 11.8. The van der Waals surface area contributed by atoms with Crippen LogP contribution < -0.4 is 10.1 Å². The van der Waals surface area contributed by atoms with Gasteiger partial charge in [-0.15, -0.1) is 0 Å². The van der Waals surface area contributed by atoms with Crippen molar-refractivity contribution < 1.29 is 4.74 Å². The highest BCUT2D eigenvalue weighted by molar-refractivity contribution is 14.1. The maximum atomic E-state index is 5.74. The van der Waals surface area contributed by atoms with Crippen LogP contribution in [0.1, 0.15) is 18.1 Å². The van der Waals surface area contributed by atoms with Gasteiger partial charge in [-0.05, 0) is 82.2 Å². The van der Waals surface area contributed by atoms with Crippen molar-refractivity contribution in [3.8, 4) is 5.75 Å². The molecule has 21 heavy (non-hydrogen) atoms. The van der Waals surface area contributed by atoms with Crippen LogP contribution >= 0.6 is 54.5 Å². The minimum Gasteiger partial charge on any atom is -0.492 e. The molecule has 2 nitrogen and oxygen atoms in total. The van der Waals surface area contributed by atoms with Gasteiger partial charge in [0.2, 0.25) is 0 Å². The van der Waals surface area contributed by atoms with Gasteiger partial charge in [-0.25, -0.2) is 0 Å². The lowest BCUT2D eigenvalue weighted by Crippen LogP contribution is -2.04. The van der Waals surface area contributed by atoms with Crippen molar-refractivity contribution >= 4 is 60.1 Å². The summed E-state index contributed by atoms with van der Waals surface area (Å²) in [5, 5.41) is 3.46. The highest BCUT2D eigenvalue weighted by atomic mass is 127. The molecule has 0 amide bonds. The van der Waals surface area contributed by atoms with Gasteiger partial charge in [0.05, 0.1) is 11.1 Å². The van der Waals surface area contributed by atoms with Crippen LogP contribution in [0.3, 0.4) is 0 Å². The molecule has 0 saturated heterocycles. The van der Waals surface area contributed by atoms with Crippen LogP contribution in [0.15, 0.2) is 39.3 Å². The molecule has 0 unspecified atom stereocenters. The molecule has 112 valence electrons. The molecule has 0 aromatic heterocycles. The van der Waals surface area contributed by atoms with E-state index in [9.17, 15) is 0 Å². The normalized spacial score (nSPS) is 10.5. The summed E-state index contributed by atoms with van der Waals surface area (Å²) in [5.74, 6) is 0.898. The fourth-order valence-electron chi connectivity index (χ4n) is 1.95. The summed E-state index contributed by atoms with van der Waals surface area (Å²) in [5.41, 5.74) is 3.53. The maximum absolute atomic E-state index is 5.74. The Bertz CT molecular complexity index is 646. The fourth-order valence-corrected chi connectivity index (χ4v) is 3.89. The Kier molecular flexibility index (Phi) is 6.37. The maximum Gasteiger partial charge on any atom is 0.138 e. The molecule has 0 aliphatic rings. The quantitative estimate of drug-likeness (QED) is 0.475. The highest BCUT2D eigenvalue weighted by Gasteiger charge is 2.10. The summed E-state index contributed by atoms with van der Waals surface area (Å²) < 4.78 is 9.01. The fraction of sp³-hybridized carbons (Fsp3) is 0.250. The van der Waals surface area contributed by atoms with Crippen molar-refractivity contribution in [2.24, 2.45) is 0 Å². The van der Waals surface area contributed by atoms with Crippen molar-refractivity contribution in [3.05, 3.63) is 54.0 Å². The first-order chi connectivity index (χ1) is 10.0. The SMILES string of the molecule is CCOc1c(Br)cc(Br)cc1CNc1ccc(C)c(I)c1. The third-order valence-electron chi connectivity index (χ3n) is 3.03. The summed E-state index contributed by atoms with van der Waals surface area (Å²) in [6, 6.07) is 10.5. The summed E-state index contributed by atoms with van der Waals surface area (Å²) >= 11 is 9.45. The largest absolute Gasteiger partial charge is 0.492 e.